The summed E-state index contributed by atoms with van der Waals surface area (Å²) in [6.07, 6.45) is 2.80. The number of rotatable bonds is 6. The Kier molecular flexibility index (Phi) is 4.58. The van der Waals surface area contributed by atoms with Gasteiger partial charge in [0.15, 0.2) is 0 Å². The van der Waals surface area contributed by atoms with E-state index < -0.39 is 0 Å². The van der Waals surface area contributed by atoms with Crippen molar-refractivity contribution < 1.29 is 4.74 Å². The van der Waals surface area contributed by atoms with Gasteiger partial charge in [-0.05, 0) is 19.1 Å². The number of ether oxygens (including phenoxy) is 1. The Morgan fingerprint density at radius 2 is 2.11 bits per heavy atom. The van der Waals surface area contributed by atoms with Crippen LogP contribution in [0.25, 0.3) is 0 Å². The Morgan fingerprint density at radius 3 is 2.79 bits per heavy atom. The first-order chi connectivity index (χ1) is 9.22. The van der Waals surface area contributed by atoms with E-state index in [1.165, 1.54) is 11.3 Å². The molecule has 0 fully saturated rings. The maximum atomic E-state index is 5.38. The van der Waals surface area contributed by atoms with Crippen LogP contribution in [0.5, 0.6) is 5.75 Å². The first-order valence-corrected chi connectivity index (χ1v) is 6.55. The fraction of sp³-hybridized carbons (Fsp3) is 0.400. The van der Waals surface area contributed by atoms with Crippen LogP contribution in [-0.4, -0.2) is 23.4 Å². The Morgan fingerprint density at radius 1 is 1.32 bits per heavy atom. The number of aryl methyl sites for hydroxylation is 1. The summed E-state index contributed by atoms with van der Waals surface area (Å²) < 4.78 is 7.30. The number of nitrogens with zero attached hydrogens (tertiary/aromatic N) is 2. The van der Waals surface area contributed by atoms with E-state index in [1.54, 1.807) is 7.11 Å². The van der Waals surface area contributed by atoms with Crippen LogP contribution >= 0.6 is 0 Å². The summed E-state index contributed by atoms with van der Waals surface area (Å²) in [6, 6.07) is 10.4. The Balaban J connectivity index is 1.91. The number of hydrogen-bond donors (Lipinski definition) is 1. The second-order valence-electron chi connectivity index (χ2n) is 4.61. The summed E-state index contributed by atoms with van der Waals surface area (Å²) in [7, 11) is 3.68. The van der Waals surface area contributed by atoms with Gasteiger partial charge in [-0.3, -0.25) is 4.68 Å². The van der Waals surface area contributed by atoms with Gasteiger partial charge in [-0.2, -0.15) is 5.10 Å². The van der Waals surface area contributed by atoms with Crippen molar-refractivity contribution in [3.63, 3.8) is 0 Å². The van der Waals surface area contributed by atoms with Crippen LogP contribution in [0.2, 0.25) is 0 Å². The molecule has 19 heavy (non-hydrogen) atoms. The zero-order chi connectivity index (χ0) is 13.7. The van der Waals surface area contributed by atoms with Crippen molar-refractivity contribution in [2.24, 2.45) is 7.05 Å². The van der Waals surface area contributed by atoms with Crippen molar-refractivity contribution >= 4 is 0 Å². The normalized spacial score (nSPS) is 12.4. The standard InChI is InChI=1S/C15H21N3O/c1-12(14-6-4-5-7-15(14)19-3)16-10-8-13-9-11-17-18(13)2/h4-7,9,11-12,16H,8,10H2,1-3H3. The van der Waals surface area contributed by atoms with Crippen molar-refractivity contribution in [1.29, 1.82) is 0 Å². The minimum Gasteiger partial charge on any atom is -0.496 e. The molecule has 0 spiro atoms. The van der Waals surface area contributed by atoms with Gasteiger partial charge in [-0.15, -0.1) is 0 Å². The van der Waals surface area contributed by atoms with Crippen LogP contribution in [0, 0.1) is 0 Å². The first-order valence-electron chi connectivity index (χ1n) is 6.55. The molecular weight excluding hydrogens is 238 g/mol. The Hall–Kier alpha value is -1.81. The molecule has 0 aliphatic carbocycles. The third-order valence-electron chi connectivity index (χ3n) is 3.36. The lowest BCUT2D eigenvalue weighted by molar-refractivity contribution is 0.401. The van der Waals surface area contributed by atoms with Gasteiger partial charge in [0, 0.05) is 43.5 Å². The third-order valence-corrected chi connectivity index (χ3v) is 3.36. The lowest BCUT2D eigenvalue weighted by Gasteiger charge is -2.17. The van der Waals surface area contributed by atoms with Gasteiger partial charge in [0.1, 0.15) is 5.75 Å². The highest BCUT2D eigenvalue weighted by Crippen LogP contribution is 2.24. The largest absolute Gasteiger partial charge is 0.496 e. The van der Waals surface area contributed by atoms with Crippen molar-refractivity contribution in [3.05, 3.63) is 47.8 Å². The molecule has 0 saturated heterocycles. The predicted octanol–water partition coefficient (Wildman–Crippen LogP) is 2.32. The fourth-order valence-corrected chi connectivity index (χ4v) is 2.20. The summed E-state index contributed by atoms with van der Waals surface area (Å²) >= 11 is 0. The molecule has 1 unspecified atom stereocenters. The fourth-order valence-electron chi connectivity index (χ4n) is 2.20. The molecule has 102 valence electrons. The smallest absolute Gasteiger partial charge is 0.123 e. The van der Waals surface area contributed by atoms with Crippen LogP contribution in [0.4, 0.5) is 0 Å². The topological polar surface area (TPSA) is 39.1 Å². The average molecular weight is 259 g/mol. The second kappa shape index (κ2) is 6.38. The van der Waals surface area contributed by atoms with E-state index in [9.17, 15) is 0 Å². The quantitative estimate of drug-likeness (QED) is 0.865. The molecule has 2 aromatic rings. The highest BCUT2D eigenvalue weighted by atomic mass is 16.5. The lowest BCUT2D eigenvalue weighted by atomic mass is 10.1. The van der Waals surface area contributed by atoms with Gasteiger partial charge in [0.25, 0.3) is 0 Å². The molecule has 1 aromatic carbocycles. The molecule has 1 heterocycles. The van der Waals surface area contributed by atoms with Crippen molar-refractivity contribution in [1.82, 2.24) is 15.1 Å². The Bertz CT molecular complexity index is 522. The molecular formula is C15H21N3O. The van der Waals surface area contributed by atoms with Crippen molar-refractivity contribution in [2.45, 2.75) is 19.4 Å². The molecule has 1 atom stereocenters. The monoisotopic (exact) mass is 259 g/mol. The van der Waals surface area contributed by atoms with Crippen LogP contribution in [0.1, 0.15) is 24.2 Å². The molecule has 4 heteroatoms. The van der Waals surface area contributed by atoms with Crippen molar-refractivity contribution in [2.75, 3.05) is 13.7 Å². The van der Waals surface area contributed by atoms with Gasteiger partial charge in [0.05, 0.1) is 7.11 Å². The summed E-state index contributed by atoms with van der Waals surface area (Å²) in [5.41, 5.74) is 2.43. The number of para-hydroxylation sites is 1. The predicted molar refractivity (Wildman–Crippen MR) is 76.3 cm³/mol. The van der Waals surface area contributed by atoms with Crippen molar-refractivity contribution in [3.8, 4) is 5.75 Å². The molecule has 0 bridgehead atoms. The minimum absolute atomic E-state index is 0.268. The minimum atomic E-state index is 0.268. The number of methoxy groups -OCH3 is 1. The van der Waals surface area contributed by atoms with E-state index in [4.69, 9.17) is 4.74 Å². The average Bonchev–Trinajstić information content (AvgIpc) is 2.84. The number of hydrogen-bond acceptors (Lipinski definition) is 3. The molecule has 1 aromatic heterocycles. The first kappa shape index (κ1) is 13.6. The summed E-state index contributed by atoms with van der Waals surface area (Å²) in [5.74, 6) is 0.933. The van der Waals surface area contributed by atoms with Gasteiger partial charge >= 0.3 is 0 Å². The van der Waals surface area contributed by atoms with Gasteiger partial charge in [-0.25, -0.2) is 0 Å². The molecule has 0 aliphatic rings. The second-order valence-corrected chi connectivity index (χ2v) is 4.61. The van der Waals surface area contributed by atoms with Crippen LogP contribution in [0.15, 0.2) is 36.5 Å². The summed E-state index contributed by atoms with van der Waals surface area (Å²) in [6.45, 7) is 3.07. The number of nitrogens with one attached hydrogen (secondary N) is 1. The van der Waals surface area contributed by atoms with Crippen LogP contribution < -0.4 is 10.1 Å². The molecule has 0 saturated carbocycles. The number of benzene rings is 1. The SMILES string of the molecule is COc1ccccc1C(C)NCCc1ccnn1C. The lowest BCUT2D eigenvalue weighted by Crippen LogP contribution is -2.22. The van der Waals surface area contributed by atoms with E-state index in [1.807, 2.05) is 36.1 Å². The van der Waals surface area contributed by atoms with E-state index in [0.717, 1.165) is 18.7 Å². The molecule has 4 nitrogen and oxygen atoms in total. The number of aromatic nitrogens is 2. The molecule has 0 amide bonds. The maximum absolute atomic E-state index is 5.38. The Labute approximate surface area is 114 Å². The highest BCUT2D eigenvalue weighted by molar-refractivity contribution is 5.35. The molecule has 0 aliphatic heterocycles. The molecule has 0 radical (unpaired) electrons. The summed E-state index contributed by atoms with van der Waals surface area (Å²) in [5, 5.41) is 7.69. The van der Waals surface area contributed by atoms with Gasteiger partial charge in [-0.1, -0.05) is 18.2 Å². The van der Waals surface area contributed by atoms with E-state index in [-0.39, 0.29) is 6.04 Å². The van der Waals surface area contributed by atoms with E-state index >= 15 is 0 Å². The van der Waals surface area contributed by atoms with Crippen LogP contribution in [0.3, 0.4) is 0 Å². The van der Waals surface area contributed by atoms with Crippen LogP contribution in [-0.2, 0) is 13.5 Å². The van der Waals surface area contributed by atoms with Gasteiger partial charge < -0.3 is 10.1 Å². The molecule has 1 N–H and O–H groups in total. The summed E-state index contributed by atoms with van der Waals surface area (Å²) in [4.78, 5) is 0. The van der Waals surface area contributed by atoms with E-state index in [0.29, 0.717) is 0 Å². The molecule has 2 rings (SSSR count). The maximum Gasteiger partial charge on any atom is 0.123 e. The van der Waals surface area contributed by atoms with Gasteiger partial charge in [0.2, 0.25) is 0 Å². The third kappa shape index (κ3) is 3.35. The van der Waals surface area contributed by atoms with E-state index in [2.05, 4.69) is 29.5 Å². The zero-order valence-corrected chi connectivity index (χ0v) is 11.8. The zero-order valence-electron chi connectivity index (χ0n) is 11.8. The highest BCUT2D eigenvalue weighted by Gasteiger charge is 2.10.